The molecule has 6 heteroatoms. The molecule has 1 aliphatic rings. The van der Waals surface area contributed by atoms with Gasteiger partial charge in [0.1, 0.15) is 0 Å². The third-order valence-electron chi connectivity index (χ3n) is 3.03. The summed E-state index contributed by atoms with van der Waals surface area (Å²) in [5, 5.41) is 8.08. The Labute approximate surface area is 100 Å². The van der Waals surface area contributed by atoms with E-state index in [4.69, 9.17) is 15.3 Å². The van der Waals surface area contributed by atoms with Crippen molar-refractivity contribution in [1.82, 2.24) is 15.6 Å². The van der Waals surface area contributed by atoms with Crippen LogP contribution in [0.3, 0.4) is 0 Å². The quantitative estimate of drug-likeness (QED) is 0.584. The van der Waals surface area contributed by atoms with Gasteiger partial charge in [-0.2, -0.15) is 5.10 Å². The molecule has 1 aromatic rings. The Morgan fingerprint density at radius 1 is 1.53 bits per heavy atom. The maximum Gasteiger partial charge on any atom is 0.233 e. The lowest BCUT2D eigenvalue weighted by Crippen LogP contribution is -2.37. The molecule has 6 nitrogen and oxygen atoms in total. The van der Waals surface area contributed by atoms with Crippen LogP contribution in [-0.2, 0) is 4.74 Å². The molecular formula is C11H18N4O2. The Morgan fingerprint density at radius 3 is 2.94 bits per heavy atom. The monoisotopic (exact) mass is 238 g/mol. The average molecular weight is 238 g/mol. The zero-order chi connectivity index (χ0) is 12.1. The Kier molecular flexibility index (Phi) is 4.24. The van der Waals surface area contributed by atoms with Crippen molar-refractivity contribution in [2.75, 3.05) is 20.3 Å². The molecule has 1 saturated heterocycles. The van der Waals surface area contributed by atoms with Gasteiger partial charge in [-0.15, -0.1) is 5.10 Å². The Hall–Kier alpha value is -1.24. The van der Waals surface area contributed by atoms with Crippen molar-refractivity contribution in [1.29, 1.82) is 0 Å². The number of nitrogens with one attached hydrogen (secondary N) is 1. The smallest absolute Gasteiger partial charge is 0.233 e. The van der Waals surface area contributed by atoms with Crippen molar-refractivity contribution in [3.63, 3.8) is 0 Å². The summed E-state index contributed by atoms with van der Waals surface area (Å²) in [7, 11) is 1.57. The van der Waals surface area contributed by atoms with Crippen LogP contribution in [0.25, 0.3) is 0 Å². The van der Waals surface area contributed by atoms with Crippen LogP contribution in [0.1, 0.15) is 24.6 Å². The summed E-state index contributed by atoms with van der Waals surface area (Å²) in [5.74, 6) is 6.45. The average Bonchev–Trinajstić information content (AvgIpc) is 2.42. The summed E-state index contributed by atoms with van der Waals surface area (Å²) in [6.07, 6.45) is 2.15. The highest BCUT2D eigenvalue weighted by molar-refractivity contribution is 5.14. The van der Waals surface area contributed by atoms with Crippen LogP contribution in [0.2, 0.25) is 0 Å². The maximum atomic E-state index is 5.60. The van der Waals surface area contributed by atoms with Crippen LogP contribution in [-0.4, -0.2) is 30.5 Å². The van der Waals surface area contributed by atoms with Gasteiger partial charge in [0.05, 0.1) is 25.5 Å². The van der Waals surface area contributed by atoms with Crippen LogP contribution in [0.15, 0.2) is 12.1 Å². The largest absolute Gasteiger partial charge is 0.480 e. The number of hydrogen-bond donors (Lipinski definition) is 2. The number of hydrogen-bond acceptors (Lipinski definition) is 6. The fourth-order valence-electron chi connectivity index (χ4n) is 2.10. The van der Waals surface area contributed by atoms with Crippen LogP contribution in [0.5, 0.6) is 5.88 Å². The van der Waals surface area contributed by atoms with Crippen molar-refractivity contribution in [2.45, 2.75) is 18.9 Å². The molecule has 1 fully saturated rings. The van der Waals surface area contributed by atoms with E-state index in [2.05, 4.69) is 15.6 Å². The molecule has 94 valence electrons. The molecule has 1 aliphatic heterocycles. The summed E-state index contributed by atoms with van der Waals surface area (Å²) in [6.45, 7) is 1.55. The zero-order valence-electron chi connectivity index (χ0n) is 9.93. The summed E-state index contributed by atoms with van der Waals surface area (Å²) in [5.41, 5.74) is 3.63. The van der Waals surface area contributed by atoms with Gasteiger partial charge in [-0.25, -0.2) is 0 Å². The molecule has 0 spiro atoms. The fraction of sp³-hybridized carbons (Fsp3) is 0.636. The minimum Gasteiger partial charge on any atom is -0.480 e. The topological polar surface area (TPSA) is 82.3 Å². The first-order valence-electron chi connectivity index (χ1n) is 5.76. The van der Waals surface area contributed by atoms with Gasteiger partial charge in [0.2, 0.25) is 5.88 Å². The highest BCUT2D eigenvalue weighted by Gasteiger charge is 2.26. The lowest BCUT2D eigenvalue weighted by molar-refractivity contribution is 0.0382. The first-order chi connectivity index (χ1) is 8.35. The number of methoxy groups -OCH3 is 1. The predicted octanol–water partition coefficient (Wildman–Crippen LogP) is 0.416. The van der Waals surface area contributed by atoms with E-state index in [9.17, 15) is 0 Å². The minimum atomic E-state index is -0.0197. The standard InChI is InChI=1S/C11H18N4O2/c1-16-10-5-4-9(14-15-10)11(13-12)8-3-2-6-17-7-8/h4-5,8,11,13H,2-3,6-7,12H2,1H3. The number of rotatable bonds is 4. The predicted molar refractivity (Wildman–Crippen MR) is 62.2 cm³/mol. The number of hydrazine groups is 1. The normalized spacial score (nSPS) is 22.1. The second kappa shape index (κ2) is 5.90. The molecule has 0 saturated carbocycles. The van der Waals surface area contributed by atoms with E-state index in [-0.39, 0.29) is 6.04 Å². The lowest BCUT2D eigenvalue weighted by atomic mass is 9.92. The molecule has 0 bridgehead atoms. The van der Waals surface area contributed by atoms with E-state index < -0.39 is 0 Å². The molecular weight excluding hydrogens is 220 g/mol. The van der Waals surface area contributed by atoms with Crippen LogP contribution in [0.4, 0.5) is 0 Å². The first-order valence-corrected chi connectivity index (χ1v) is 5.76. The molecule has 2 rings (SSSR count). The van der Waals surface area contributed by atoms with Crippen molar-refractivity contribution < 1.29 is 9.47 Å². The molecule has 3 N–H and O–H groups in total. The van der Waals surface area contributed by atoms with Gasteiger partial charge in [-0.05, 0) is 18.9 Å². The number of ether oxygens (including phenoxy) is 2. The third-order valence-corrected chi connectivity index (χ3v) is 3.03. The molecule has 0 amide bonds. The van der Waals surface area contributed by atoms with E-state index in [1.165, 1.54) is 0 Å². The molecule has 2 heterocycles. The van der Waals surface area contributed by atoms with Gasteiger partial charge in [-0.1, -0.05) is 0 Å². The molecule has 0 radical (unpaired) electrons. The fourth-order valence-corrected chi connectivity index (χ4v) is 2.10. The van der Waals surface area contributed by atoms with E-state index in [1.54, 1.807) is 13.2 Å². The lowest BCUT2D eigenvalue weighted by Gasteiger charge is -2.28. The number of nitrogens with zero attached hydrogens (tertiary/aromatic N) is 2. The first kappa shape index (κ1) is 12.2. The molecule has 2 unspecified atom stereocenters. The van der Waals surface area contributed by atoms with Crippen molar-refractivity contribution >= 4 is 0 Å². The van der Waals surface area contributed by atoms with E-state index in [1.807, 2.05) is 6.07 Å². The van der Waals surface area contributed by atoms with Crippen LogP contribution >= 0.6 is 0 Å². The number of nitrogens with two attached hydrogens (primary N) is 1. The Morgan fingerprint density at radius 2 is 2.41 bits per heavy atom. The van der Waals surface area contributed by atoms with E-state index in [0.29, 0.717) is 18.4 Å². The van der Waals surface area contributed by atoms with Gasteiger partial charge < -0.3 is 9.47 Å². The van der Waals surface area contributed by atoms with Gasteiger partial charge in [0, 0.05) is 18.6 Å². The highest BCUT2D eigenvalue weighted by atomic mass is 16.5. The van der Waals surface area contributed by atoms with E-state index in [0.717, 1.165) is 25.1 Å². The third kappa shape index (κ3) is 2.91. The molecule has 2 atom stereocenters. The van der Waals surface area contributed by atoms with Crippen molar-refractivity contribution in [2.24, 2.45) is 11.8 Å². The van der Waals surface area contributed by atoms with Gasteiger partial charge in [-0.3, -0.25) is 11.3 Å². The van der Waals surface area contributed by atoms with Crippen molar-refractivity contribution in [3.05, 3.63) is 17.8 Å². The number of aromatic nitrogens is 2. The maximum absolute atomic E-state index is 5.60. The SMILES string of the molecule is COc1ccc(C(NN)C2CCCOC2)nn1. The van der Waals surface area contributed by atoms with Crippen LogP contribution < -0.4 is 16.0 Å². The van der Waals surface area contributed by atoms with Gasteiger partial charge in [0.15, 0.2) is 0 Å². The second-order valence-electron chi connectivity index (χ2n) is 4.12. The molecule has 1 aromatic heterocycles. The summed E-state index contributed by atoms with van der Waals surface area (Å²) < 4.78 is 10.4. The van der Waals surface area contributed by atoms with Gasteiger partial charge in [0.25, 0.3) is 0 Å². The highest BCUT2D eigenvalue weighted by Crippen LogP contribution is 2.27. The Bertz CT molecular complexity index is 338. The molecule has 0 aliphatic carbocycles. The van der Waals surface area contributed by atoms with E-state index >= 15 is 0 Å². The second-order valence-corrected chi connectivity index (χ2v) is 4.12. The van der Waals surface area contributed by atoms with Crippen LogP contribution in [0, 0.1) is 5.92 Å². The summed E-state index contributed by atoms with van der Waals surface area (Å²) in [6, 6.07) is 3.65. The summed E-state index contributed by atoms with van der Waals surface area (Å²) in [4.78, 5) is 0. The Balaban J connectivity index is 2.10. The van der Waals surface area contributed by atoms with Gasteiger partial charge >= 0.3 is 0 Å². The summed E-state index contributed by atoms with van der Waals surface area (Å²) >= 11 is 0. The molecule has 17 heavy (non-hydrogen) atoms. The minimum absolute atomic E-state index is 0.0197. The molecule has 0 aromatic carbocycles. The zero-order valence-corrected chi connectivity index (χ0v) is 9.93. The van der Waals surface area contributed by atoms with Crippen molar-refractivity contribution in [3.8, 4) is 5.88 Å².